The van der Waals surface area contributed by atoms with Crippen LogP contribution in [0.15, 0.2) is 57.9 Å². The third kappa shape index (κ3) is 4.25. The maximum absolute atomic E-state index is 13.0. The van der Waals surface area contributed by atoms with Crippen molar-refractivity contribution in [3.63, 3.8) is 0 Å². The van der Waals surface area contributed by atoms with Crippen LogP contribution in [0.25, 0.3) is 0 Å². The molecular weight excluding hydrogens is 363 g/mol. The van der Waals surface area contributed by atoms with E-state index in [0.29, 0.717) is 5.75 Å². The van der Waals surface area contributed by atoms with Gasteiger partial charge in [-0.3, -0.25) is 0 Å². The molecule has 0 radical (unpaired) electrons. The number of thioether (sulfide) groups is 1. The van der Waals surface area contributed by atoms with Crippen molar-refractivity contribution >= 4 is 27.7 Å². The highest BCUT2D eigenvalue weighted by Gasteiger charge is 2.34. The van der Waals surface area contributed by atoms with Crippen LogP contribution >= 0.6 is 27.7 Å². The first kappa shape index (κ1) is 16.4. The fourth-order valence-corrected chi connectivity index (χ4v) is 3.46. The van der Waals surface area contributed by atoms with Crippen LogP contribution in [-0.4, -0.2) is 5.75 Å². The number of halogens is 4. The second-order valence-electron chi connectivity index (χ2n) is 4.43. The van der Waals surface area contributed by atoms with Gasteiger partial charge in [-0.1, -0.05) is 30.3 Å². The Labute approximate surface area is 133 Å². The zero-order chi connectivity index (χ0) is 15.5. The van der Waals surface area contributed by atoms with Gasteiger partial charge in [0, 0.05) is 21.2 Å². The second kappa shape index (κ2) is 6.85. The molecule has 0 bridgehead atoms. The number of hydrogen-bond donors (Lipinski definition) is 1. The summed E-state index contributed by atoms with van der Waals surface area (Å²) in [7, 11) is 0. The lowest BCUT2D eigenvalue weighted by Crippen LogP contribution is -2.19. The van der Waals surface area contributed by atoms with Crippen molar-refractivity contribution in [1.29, 1.82) is 0 Å². The molecule has 112 valence electrons. The minimum atomic E-state index is -4.38. The summed E-state index contributed by atoms with van der Waals surface area (Å²) in [5, 5.41) is 0. The van der Waals surface area contributed by atoms with E-state index in [1.54, 1.807) is 6.07 Å². The van der Waals surface area contributed by atoms with Gasteiger partial charge in [0.15, 0.2) is 0 Å². The third-order valence-electron chi connectivity index (χ3n) is 2.92. The lowest BCUT2D eigenvalue weighted by molar-refractivity contribution is -0.138. The lowest BCUT2D eigenvalue weighted by Gasteiger charge is -2.18. The van der Waals surface area contributed by atoms with Gasteiger partial charge in [0.2, 0.25) is 0 Å². The molecule has 2 N–H and O–H groups in total. The Morgan fingerprint density at radius 2 is 1.67 bits per heavy atom. The summed E-state index contributed by atoms with van der Waals surface area (Å²) in [5.74, 6) is 0.371. The van der Waals surface area contributed by atoms with Crippen LogP contribution in [-0.2, 0) is 6.18 Å². The standard InChI is InChI=1S/C15H13BrF3NS/c16-12-7-3-4-8-14(12)21-9-13(20)10-5-1-2-6-11(10)15(17,18)19/h1-8,13H,9,20H2. The maximum atomic E-state index is 13.0. The Morgan fingerprint density at radius 1 is 1.05 bits per heavy atom. The van der Waals surface area contributed by atoms with Crippen molar-refractivity contribution in [2.45, 2.75) is 17.1 Å². The van der Waals surface area contributed by atoms with Crippen molar-refractivity contribution < 1.29 is 13.2 Å². The highest BCUT2D eigenvalue weighted by Crippen LogP contribution is 2.36. The maximum Gasteiger partial charge on any atom is 0.416 e. The Bertz CT molecular complexity index is 616. The molecule has 2 rings (SSSR count). The van der Waals surface area contributed by atoms with Crippen molar-refractivity contribution in [1.82, 2.24) is 0 Å². The zero-order valence-electron chi connectivity index (χ0n) is 10.9. The van der Waals surface area contributed by atoms with Crippen LogP contribution in [0.1, 0.15) is 17.2 Å². The molecule has 0 spiro atoms. The molecule has 2 aromatic carbocycles. The zero-order valence-corrected chi connectivity index (χ0v) is 13.3. The summed E-state index contributed by atoms with van der Waals surface area (Å²) < 4.78 is 39.8. The molecule has 1 atom stereocenters. The van der Waals surface area contributed by atoms with E-state index in [2.05, 4.69) is 15.9 Å². The summed E-state index contributed by atoms with van der Waals surface area (Å²) in [6, 6.07) is 12.3. The Hall–Kier alpha value is -0.980. The predicted molar refractivity (Wildman–Crippen MR) is 83.2 cm³/mol. The monoisotopic (exact) mass is 375 g/mol. The summed E-state index contributed by atoms with van der Waals surface area (Å²) >= 11 is 4.84. The van der Waals surface area contributed by atoms with E-state index in [4.69, 9.17) is 5.73 Å². The van der Waals surface area contributed by atoms with Crippen LogP contribution in [0.2, 0.25) is 0 Å². The normalized spacial score (nSPS) is 13.2. The van der Waals surface area contributed by atoms with E-state index in [0.717, 1.165) is 15.4 Å². The Morgan fingerprint density at radius 3 is 2.33 bits per heavy atom. The first-order chi connectivity index (χ1) is 9.89. The smallest absolute Gasteiger partial charge is 0.323 e. The van der Waals surface area contributed by atoms with Crippen molar-refractivity contribution in [3.05, 3.63) is 64.1 Å². The lowest BCUT2D eigenvalue weighted by atomic mass is 10.0. The molecule has 6 heteroatoms. The molecule has 0 heterocycles. The van der Waals surface area contributed by atoms with Gasteiger partial charge in [-0.05, 0) is 39.7 Å². The summed E-state index contributed by atoms with van der Waals surface area (Å²) in [6.07, 6.45) is -4.38. The molecule has 0 amide bonds. The topological polar surface area (TPSA) is 26.0 Å². The molecule has 0 aromatic heterocycles. The molecule has 0 saturated heterocycles. The van der Waals surface area contributed by atoms with E-state index >= 15 is 0 Å². The molecular formula is C15H13BrF3NS. The van der Waals surface area contributed by atoms with Gasteiger partial charge in [0.05, 0.1) is 5.56 Å². The molecule has 0 saturated carbocycles. The number of hydrogen-bond acceptors (Lipinski definition) is 2. The minimum absolute atomic E-state index is 0.129. The minimum Gasteiger partial charge on any atom is -0.323 e. The fraction of sp³-hybridized carbons (Fsp3) is 0.200. The molecule has 21 heavy (non-hydrogen) atoms. The molecule has 0 aliphatic rings. The number of benzene rings is 2. The van der Waals surface area contributed by atoms with Crippen LogP contribution in [0.3, 0.4) is 0 Å². The van der Waals surface area contributed by atoms with Gasteiger partial charge < -0.3 is 5.73 Å². The fourth-order valence-electron chi connectivity index (χ4n) is 1.91. The van der Waals surface area contributed by atoms with Gasteiger partial charge in [0.25, 0.3) is 0 Å². The first-order valence-electron chi connectivity index (χ1n) is 6.18. The number of rotatable bonds is 4. The second-order valence-corrected chi connectivity index (χ2v) is 6.35. The SMILES string of the molecule is NC(CSc1ccccc1Br)c1ccccc1C(F)(F)F. The van der Waals surface area contributed by atoms with Crippen LogP contribution in [0, 0.1) is 0 Å². The highest BCUT2D eigenvalue weighted by molar-refractivity contribution is 9.10. The number of nitrogens with two attached hydrogens (primary N) is 1. The van der Waals surface area contributed by atoms with E-state index in [1.165, 1.54) is 23.9 Å². The Kier molecular flexibility index (Phi) is 5.35. The summed E-state index contributed by atoms with van der Waals surface area (Å²) in [6.45, 7) is 0. The van der Waals surface area contributed by atoms with Crippen molar-refractivity contribution in [2.24, 2.45) is 5.73 Å². The number of alkyl halides is 3. The molecule has 0 fully saturated rings. The molecule has 2 aromatic rings. The van der Waals surface area contributed by atoms with Crippen LogP contribution in [0.5, 0.6) is 0 Å². The predicted octanol–water partition coefficient (Wildman–Crippen LogP) is 5.26. The molecule has 1 nitrogen and oxygen atoms in total. The molecule has 1 unspecified atom stereocenters. The van der Waals surface area contributed by atoms with Crippen molar-refractivity contribution in [2.75, 3.05) is 5.75 Å². The van der Waals surface area contributed by atoms with E-state index in [9.17, 15) is 13.2 Å². The van der Waals surface area contributed by atoms with Gasteiger partial charge in [0.1, 0.15) is 0 Å². The van der Waals surface area contributed by atoms with Gasteiger partial charge in [-0.2, -0.15) is 13.2 Å². The molecule has 0 aliphatic carbocycles. The van der Waals surface area contributed by atoms with Gasteiger partial charge in [-0.25, -0.2) is 0 Å². The van der Waals surface area contributed by atoms with Gasteiger partial charge >= 0.3 is 6.18 Å². The van der Waals surface area contributed by atoms with Crippen molar-refractivity contribution in [3.8, 4) is 0 Å². The summed E-state index contributed by atoms with van der Waals surface area (Å²) in [4.78, 5) is 0.956. The average Bonchev–Trinajstić information content (AvgIpc) is 2.45. The van der Waals surface area contributed by atoms with Crippen LogP contribution in [0.4, 0.5) is 13.2 Å². The van der Waals surface area contributed by atoms with E-state index < -0.39 is 17.8 Å². The van der Waals surface area contributed by atoms with Gasteiger partial charge in [-0.15, -0.1) is 11.8 Å². The first-order valence-corrected chi connectivity index (χ1v) is 7.96. The third-order valence-corrected chi connectivity index (χ3v) is 5.07. The summed E-state index contributed by atoms with van der Waals surface area (Å²) in [5.41, 5.74) is 5.42. The Balaban J connectivity index is 2.15. The largest absolute Gasteiger partial charge is 0.416 e. The van der Waals surface area contributed by atoms with E-state index in [-0.39, 0.29) is 5.56 Å². The van der Waals surface area contributed by atoms with E-state index in [1.807, 2.05) is 24.3 Å². The van der Waals surface area contributed by atoms with Crippen LogP contribution < -0.4 is 5.73 Å². The average molecular weight is 376 g/mol. The molecule has 0 aliphatic heterocycles. The quantitative estimate of drug-likeness (QED) is 0.737. The highest BCUT2D eigenvalue weighted by atomic mass is 79.9.